The van der Waals surface area contributed by atoms with E-state index in [4.69, 9.17) is 18.9 Å². The minimum absolute atomic E-state index is 0.0872. The number of hydrogen-bond acceptors (Lipinski definition) is 8. The first-order valence-electron chi connectivity index (χ1n) is 12.7. The van der Waals surface area contributed by atoms with E-state index in [-0.39, 0.29) is 29.0 Å². The highest BCUT2D eigenvalue weighted by atomic mass is 32.2. The lowest BCUT2D eigenvalue weighted by atomic mass is 10.1. The molecule has 0 bridgehead atoms. The summed E-state index contributed by atoms with van der Waals surface area (Å²) in [6.07, 6.45) is 0. The first-order chi connectivity index (χ1) is 19.3. The molecule has 2 aliphatic rings. The van der Waals surface area contributed by atoms with E-state index in [1.807, 2.05) is 18.2 Å². The van der Waals surface area contributed by atoms with Crippen molar-refractivity contribution in [2.45, 2.75) is 11.4 Å². The number of carbonyl (C=O) groups excluding carboxylic acids is 1. The summed E-state index contributed by atoms with van der Waals surface area (Å²) in [5, 5.41) is 0. The van der Waals surface area contributed by atoms with E-state index in [2.05, 4.69) is 4.90 Å². The number of amides is 1. The summed E-state index contributed by atoms with van der Waals surface area (Å²) in [6, 6.07) is 15.0. The second kappa shape index (κ2) is 11.6. The molecule has 0 aromatic heterocycles. The average Bonchev–Trinajstić information content (AvgIpc) is 3.44. The van der Waals surface area contributed by atoms with Gasteiger partial charge >= 0.3 is 0 Å². The maximum atomic E-state index is 13.8. The van der Waals surface area contributed by atoms with Crippen LogP contribution in [0.4, 0.5) is 10.1 Å². The highest BCUT2D eigenvalue weighted by Gasteiger charge is 2.31. The van der Waals surface area contributed by atoms with Crippen molar-refractivity contribution in [1.29, 1.82) is 0 Å². The number of piperazine rings is 1. The average molecular weight is 572 g/mol. The van der Waals surface area contributed by atoms with E-state index in [0.29, 0.717) is 38.5 Å². The van der Waals surface area contributed by atoms with Crippen molar-refractivity contribution < 1.29 is 36.6 Å². The highest BCUT2D eigenvalue weighted by Crippen LogP contribution is 2.34. The predicted molar refractivity (Wildman–Crippen MR) is 145 cm³/mol. The zero-order valence-electron chi connectivity index (χ0n) is 22.2. The number of carbonyl (C=O) groups is 1. The molecule has 0 atom stereocenters. The van der Waals surface area contributed by atoms with Gasteiger partial charge in [-0.05, 0) is 54.1 Å². The van der Waals surface area contributed by atoms with Gasteiger partial charge in [0.15, 0.2) is 23.0 Å². The number of fused-ring (bicyclic) bond motifs is 1. The standard InChI is InChI=1S/C28H30FN3O7S/c1-36-24-10-8-23(16-26(24)37-2)40(34,35)32(22-6-4-21(29)5-7-22)18-28(33)31-13-11-30(12-14-31)17-20-3-9-25-27(15-20)39-19-38-25/h3-10,15-16H,11-14,17-19H2,1-2H3. The van der Waals surface area contributed by atoms with Gasteiger partial charge in [0.1, 0.15) is 12.4 Å². The minimum atomic E-state index is -4.22. The van der Waals surface area contributed by atoms with Crippen LogP contribution < -0.4 is 23.3 Å². The third kappa shape index (κ3) is 5.77. The largest absolute Gasteiger partial charge is 0.493 e. The van der Waals surface area contributed by atoms with Crippen molar-refractivity contribution in [3.63, 3.8) is 0 Å². The second-order valence-electron chi connectivity index (χ2n) is 9.35. The molecule has 0 unspecified atom stereocenters. The van der Waals surface area contributed by atoms with Gasteiger partial charge in [-0.15, -0.1) is 0 Å². The van der Waals surface area contributed by atoms with Crippen LogP contribution in [0.25, 0.3) is 0 Å². The van der Waals surface area contributed by atoms with Crippen LogP contribution >= 0.6 is 0 Å². The second-order valence-corrected chi connectivity index (χ2v) is 11.2. The van der Waals surface area contributed by atoms with Crippen LogP contribution in [0.1, 0.15) is 5.56 Å². The molecule has 1 saturated heterocycles. The van der Waals surface area contributed by atoms with E-state index in [9.17, 15) is 17.6 Å². The summed E-state index contributed by atoms with van der Waals surface area (Å²) in [5.74, 6) is 1.18. The number of methoxy groups -OCH3 is 2. The Morgan fingerprint density at radius 1 is 0.900 bits per heavy atom. The number of hydrogen-bond donors (Lipinski definition) is 0. The molecule has 10 nitrogen and oxygen atoms in total. The summed E-state index contributed by atoms with van der Waals surface area (Å²) < 4.78 is 63.5. The van der Waals surface area contributed by atoms with Crippen LogP contribution in [0.5, 0.6) is 23.0 Å². The first kappa shape index (κ1) is 27.5. The van der Waals surface area contributed by atoms with Crippen molar-refractivity contribution in [3.05, 3.63) is 72.0 Å². The third-order valence-electron chi connectivity index (χ3n) is 6.90. The Kier molecular flexibility index (Phi) is 7.99. The molecule has 0 N–H and O–H groups in total. The van der Waals surface area contributed by atoms with Crippen molar-refractivity contribution in [3.8, 4) is 23.0 Å². The molecule has 0 saturated carbocycles. The van der Waals surface area contributed by atoms with Crippen LogP contribution in [-0.4, -0.2) is 77.9 Å². The molecule has 3 aromatic carbocycles. The van der Waals surface area contributed by atoms with Gasteiger partial charge in [0.25, 0.3) is 10.0 Å². The molecular weight excluding hydrogens is 541 g/mol. The van der Waals surface area contributed by atoms with Gasteiger partial charge in [-0.3, -0.25) is 14.0 Å². The van der Waals surface area contributed by atoms with Crippen molar-refractivity contribution >= 4 is 21.6 Å². The number of rotatable bonds is 9. The van der Waals surface area contributed by atoms with E-state index >= 15 is 0 Å². The SMILES string of the molecule is COc1ccc(S(=O)(=O)N(CC(=O)N2CCN(Cc3ccc4c(c3)OCO4)CC2)c2ccc(F)cc2)cc1OC. The summed E-state index contributed by atoms with van der Waals surface area (Å²) in [7, 11) is -1.37. The lowest BCUT2D eigenvalue weighted by Gasteiger charge is -2.36. The van der Waals surface area contributed by atoms with E-state index < -0.39 is 22.4 Å². The molecule has 2 aliphatic heterocycles. The van der Waals surface area contributed by atoms with Gasteiger partial charge in [0.2, 0.25) is 12.7 Å². The first-order valence-corrected chi connectivity index (χ1v) is 14.1. The Bertz CT molecular complexity index is 1480. The van der Waals surface area contributed by atoms with Crippen LogP contribution in [0.15, 0.2) is 65.6 Å². The van der Waals surface area contributed by atoms with Crippen LogP contribution in [0.3, 0.4) is 0 Å². The fourth-order valence-electron chi connectivity index (χ4n) is 4.70. The Balaban J connectivity index is 1.30. The highest BCUT2D eigenvalue weighted by molar-refractivity contribution is 7.92. The summed E-state index contributed by atoms with van der Waals surface area (Å²) in [6.45, 7) is 2.60. The van der Waals surface area contributed by atoms with Crippen LogP contribution in [-0.2, 0) is 21.4 Å². The van der Waals surface area contributed by atoms with Gasteiger partial charge in [-0.1, -0.05) is 6.07 Å². The zero-order chi connectivity index (χ0) is 28.3. The quantitative estimate of drug-likeness (QED) is 0.387. The zero-order valence-corrected chi connectivity index (χ0v) is 23.0. The lowest BCUT2D eigenvalue weighted by molar-refractivity contribution is -0.131. The van der Waals surface area contributed by atoms with Gasteiger partial charge in [-0.2, -0.15) is 0 Å². The van der Waals surface area contributed by atoms with Gasteiger partial charge in [0, 0.05) is 38.8 Å². The number of sulfonamides is 1. The summed E-state index contributed by atoms with van der Waals surface area (Å²) in [5.41, 5.74) is 1.25. The molecule has 1 amide bonds. The summed E-state index contributed by atoms with van der Waals surface area (Å²) in [4.78, 5) is 17.2. The molecule has 40 heavy (non-hydrogen) atoms. The van der Waals surface area contributed by atoms with E-state index in [1.165, 1.54) is 44.6 Å². The Hall–Kier alpha value is -4.03. The van der Waals surface area contributed by atoms with Gasteiger partial charge in [0.05, 0.1) is 24.8 Å². The van der Waals surface area contributed by atoms with E-state index in [1.54, 1.807) is 4.90 Å². The van der Waals surface area contributed by atoms with Crippen LogP contribution in [0.2, 0.25) is 0 Å². The summed E-state index contributed by atoms with van der Waals surface area (Å²) >= 11 is 0. The molecule has 5 rings (SSSR count). The van der Waals surface area contributed by atoms with E-state index in [0.717, 1.165) is 33.5 Å². The topological polar surface area (TPSA) is 97.9 Å². The molecule has 0 radical (unpaired) electrons. The number of nitrogens with zero attached hydrogens (tertiary/aromatic N) is 3. The molecule has 0 spiro atoms. The smallest absolute Gasteiger partial charge is 0.264 e. The van der Waals surface area contributed by atoms with Crippen molar-refractivity contribution in [2.75, 3.05) is 58.0 Å². The fraction of sp³-hybridized carbons (Fsp3) is 0.321. The lowest BCUT2D eigenvalue weighted by Crippen LogP contribution is -2.51. The van der Waals surface area contributed by atoms with Crippen molar-refractivity contribution in [1.82, 2.24) is 9.80 Å². The van der Waals surface area contributed by atoms with Crippen LogP contribution in [0, 0.1) is 5.82 Å². The maximum Gasteiger partial charge on any atom is 0.264 e. The molecule has 3 aromatic rings. The number of ether oxygens (including phenoxy) is 4. The Morgan fingerprint density at radius 2 is 1.60 bits per heavy atom. The number of benzene rings is 3. The monoisotopic (exact) mass is 571 g/mol. The maximum absolute atomic E-state index is 13.8. The Morgan fingerprint density at radius 3 is 2.30 bits per heavy atom. The molecule has 0 aliphatic carbocycles. The minimum Gasteiger partial charge on any atom is -0.493 e. The fourth-order valence-corrected chi connectivity index (χ4v) is 6.13. The third-order valence-corrected chi connectivity index (χ3v) is 8.67. The molecular formula is C28H30FN3O7S. The molecule has 1 fully saturated rings. The van der Waals surface area contributed by atoms with Gasteiger partial charge < -0.3 is 23.8 Å². The van der Waals surface area contributed by atoms with Crippen molar-refractivity contribution in [2.24, 2.45) is 0 Å². The molecule has 2 heterocycles. The molecule has 212 valence electrons. The Labute approximate surface area is 232 Å². The van der Waals surface area contributed by atoms with Gasteiger partial charge in [-0.25, -0.2) is 12.8 Å². The normalized spacial score (nSPS) is 15.1. The molecule has 12 heteroatoms. The number of anilines is 1. The number of halogens is 1. The predicted octanol–water partition coefficient (Wildman–Crippen LogP) is 3.11.